The van der Waals surface area contributed by atoms with Gasteiger partial charge in [0.2, 0.25) is 5.60 Å². The Morgan fingerprint density at radius 2 is 1.22 bits per heavy atom. The minimum absolute atomic E-state index is 0.170. The van der Waals surface area contributed by atoms with Gasteiger partial charge in [0.1, 0.15) is 5.57 Å². The molecule has 2 heterocycles. The highest BCUT2D eigenvalue weighted by Gasteiger charge is 2.83. The zero-order chi connectivity index (χ0) is 25.5. The zero-order valence-electron chi connectivity index (χ0n) is 20.3. The number of para-hydroxylation sites is 1. The van der Waals surface area contributed by atoms with Crippen LogP contribution in [0, 0.1) is 0 Å². The maximum absolute atomic E-state index is 14.7. The number of hydrogen-bond acceptors (Lipinski definition) is 4. The number of carbonyl (C=O) groups is 2. The molecule has 4 aromatic rings. The van der Waals surface area contributed by atoms with Crippen molar-refractivity contribution in [3.8, 4) is 0 Å². The highest BCUT2D eigenvalue weighted by molar-refractivity contribution is 6.27. The van der Waals surface area contributed by atoms with Crippen molar-refractivity contribution in [3.63, 3.8) is 0 Å². The summed E-state index contributed by atoms with van der Waals surface area (Å²) in [5, 5.41) is 0. The number of amides is 1. The summed E-state index contributed by atoms with van der Waals surface area (Å²) in [5.74, 6) is -0.893. The summed E-state index contributed by atoms with van der Waals surface area (Å²) in [6.45, 7) is 1.93. The van der Waals surface area contributed by atoms with Gasteiger partial charge in [-0.25, -0.2) is 4.79 Å². The van der Waals surface area contributed by atoms with Crippen molar-refractivity contribution in [1.29, 1.82) is 0 Å². The summed E-state index contributed by atoms with van der Waals surface area (Å²) in [6.07, 6.45) is 0. The van der Waals surface area contributed by atoms with E-state index in [2.05, 4.69) is 0 Å². The van der Waals surface area contributed by atoms with Gasteiger partial charge < -0.3 is 9.47 Å². The molecule has 2 aliphatic heterocycles. The molecule has 0 N–H and O–H groups in total. The molecule has 1 atom stereocenters. The summed E-state index contributed by atoms with van der Waals surface area (Å²) in [5.41, 5.74) is 0.852. The van der Waals surface area contributed by atoms with Gasteiger partial charge in [-0.15, -0.1) is 0 Å². The second kappa shape index (κ2) is 8.87. The van der Waals surface area contributed by atoms with Crippen molar-refractivity contribution in [2.24, 2.45) is 0 Å². The molecule has 0 aromatic heterocycles. The predicted molar refractivity (Wildman–Crippen MR) is 141 cm³/mol. The second-order valence-electron chi connectivity index (χ2n) is 8.98. The molecule has 0 saturated carbocycles. The Hall–Kier alpha value is -4.48. The van der Waals surface area contributed by atoms with Crippen LogP contribution in [0.1, 0.15) is 23.6 Å². The van der Waals surface area contributed by atoms with Gasteiger partial charge in [0.15, 0.2) is 5.60 Å². The Balaban J connectivity index is 1.69. The number of benzene rings is 4. The van der Waals surface area contributed by atoms with E-state index in [1.165, 1.54) is 0 Å². The lowest BCUT2D eigenvalue weighted by Crippen LogP contribution is -2.40. The molecule has 1 unspecified atom stereocenters. The molecule has 1 amide bonds. The largest absolute Gasteiger partial charge is 0.462 e. The highest BCUT2D eigenvalue weighted by Crippen LogP contribution is 2.68. The molecule has 6 rings (SSSR count). The Labute approximate surface area is 215 Å². The fourth-order valence-electron chi connectivity index (χ4n) is 5.44. The fourth-order valence-corrected chi connectivity index (χ4v) is 5.44. The van der Waals surface area contributed by atoms with Gasteiger partial charge in [-0.3, -0.25) is 9.69 Å². The third-order valence-electron chi connectivity index (χ3n) is 6.98. The molecule has 1 saturated heterocycles. The first-order valence-electron chi connectivity index (χ1n) is 12.3. The molecule has 1 spiro atoms. The number of epoxide rings is 1. The molecule has 0 bridgehead atoms. The third kappa shape index (κ3) is 3.28. The Kier molecular flexibility index (Phi) is 5.50. The zero-order valence-corrected chi connectivity index (χ0v) is 20.3. The number of hydrogen-bond donors (Lipinski definition) is 0. The molecule has 0 aliphatic carbocycles. The molecule has 4 aromatic carbocycles. The van der Waals surface area contributed by atoms with Gasteiger partial charge in [0.25, 0.3) is 5.91 Å². The first kappa shape index (κ1) is 23.0. The van der Waals surface area contributed by atoms with Gasteiger partial charge in [-0.2, -0.15) is 0 Å². The Morgan fingerprint density at radius 3 is 1.73 bits per heavy atom. The predicted octanol–water partition coefficient (Wildman–Crippen LogP) is 5.72. The fraction of sp³-hybridized carbons (Fsp3) is 0.125. The third-order valence-corrected chi connectivity index (χ3v) is 6.98. The van der Waals surface area contributed by atoms with E-state index in [-0.39, 0.29) is 18.1 Å². The van der Waals surface area contributed by atoms with Crippen molar-refractivity contribution in [1.82, 2.24) is 0 Å². The Morgan fingerprint density at radius 1 is 0.730 bits per heavy atom. The van der Waals surface area contributed by atoms with Crippen molar-refractivity contribution in [2.75, 3.05) is 11.5 Å². The van der Waals surface area contributed by atoms with E-state index >= 15 is 0 Å². The van der Waals surface area contributed by atoms with Crippen LogP contribution in [0.25, 0.3) is 5.70 Å². The van der Waals surface area contributed by atoms with E-state index in [1.807, 2.05) is 121 Å². The highest BCUT2D eigenvalue weighted by atomic mass is 16.6. The number of anilines is 1. The quantitative estimate of drug-likeness (QED) is 0.258. The van der Waals surface area contributed by atoms with Gasteiger partial charge in [-0.05, 0) is 35.7 Å². The Bertz CT molecular complexity index is 1440. The summed E-state index contributed by atoms with van der Waals surface area (Å²) < 4.78 is 12.3. The lowest BCUT2D eigenvalue weighted by Gasteiger charge is -2.22. The lowest BCUT2D eigenvalue weighted by atomic mass is 9.77. The molecule has 0 radical (unpaired) electrons. The number of rotatable bonds is 6. The van der Waals surface area contributed by atoms with E-state index < -0.39 is 17.2 Å². The van der Waals surface area contributed by atoms with Crippen LogP contribution in [0.4, 0.5) is 5.69 Å². The van der Waals surface area contributed by atoms with Crippen LogP contribution in [0.2, 0.25) is 0 Å². The SMILES string of the molecule is CCOC(=O)C1=C(c2ccccc2)N(c2ccccc2)C(=O)C12OC2(c1ccccc1)c1ccccc1. The van der Waals surface area contributed by atoms with Crippen LogP contribution in [0.15, 0.2) is 127 Å². The van der Waals surface area contributed by atoms with Gasteiger partial charge in [0.05, 0.1) is 12.3 Å². The van der Waals surface area contributed by atoms with Crippen LogP contribution >= 0.6 is 0 Å². The average Bonchev–Trinajstić information content (AvgIpc) is 3.59. The van der Waals surface area contributed by atoms with Crippen LogP contribution in [-0.4, -0.2) is 24.1 Å². The summed E-state index contributed by atoms with van der Waals surface area (Å²) >= 11 is 0. The molecular weight excluding hydrogens is 462 g/mol. The number of nitrogens with zero attached hydrogens (tertiary/aromatic N) is 1. The molecule has 182 valence electrons. The minimum Gasteiger partial charge on any atom is -0.462 e. The van der Waals surface area contributed by atoms with Gasteiger partial charge in [-0.1, -0.05) is 109 Å². The summed E-state index contributed by atoms with van der Waals surface area (Å²) in [4.78, 5) is 30.1. The van der Waals surface area contributed by atoms with Crippen LogP contribution in [0.3, 0.4) is 0 Å². The van der Waals surface area contributed by atoms with Crippen molar-refractivity contribution in [2.45, 2.75) is 18.1 Å². The standard InChI is InChI=1S/C32H25NO4/c1-2-36-29(34)27-28(23-15-7-3-8-16-23)33(26-21-13-6-14-22-26)30(35)32(27)31(37-32,24-17-9-4-10-18-24)25-19-11-5-12-20-25/h3-22H,2H2,1H3. The van der Waals surface area contributed by atoms with Crippen molar-refractivity contribution >= 4 is 23.3 Å². The number of ether oxygens (including phenoxy) is 2. The smallest absolute Gasteiger partial charge is 0.339 e. The normalized spacial score (nSPS) is 19.8. The van der Waals surface area contributed by atoms with E-state index in [1.54, 1.807) is 11.8 Å². The van der Waals surface area contributed by atoms with E-state index in [0.717, 1.165) is 16.7 Å². The molecule has 5 heteroatoms. The first-order chi connectivity index (χ1) is 18.1. The maximum Gasteiger partial charge on any atom is 0.339 e. The van der Waals surface area contributed by atoms with E-state index in [0.29, 0.717) is 11.4 Å². The average molecular weight is 488 g/mol. The molecule has 2 aliphatic rings. The summed E-state index contributed by atoms with van der Waals surface area (Å²) in [6, 6.07) is 38.0. The van der Waals surface area contributed by atoms with Gasteiger partial charge >= 0.3 is 5.97 Å². The molecule has 1 fully saturated rings. The summed E-state index contributed by atoms with van der Waals surface area (Å²) in [7, 11) is 0. The molecule has 5 nitrogen and oxygen atoms in total. The van der Waals surface area contributed by atoms with E-state index in [9.17, 15) is 9.59 Å². The van der Waals surface area contributed by atoms with Crippen LogP contribution < -0.4 is 4.90 Å². The van der Waals surface area contributed by atoms with Crippen molar-refractivity contribution in [3.05, 3.63) is 144 Å². The van der Waals surface area contributed by atoms with Gasteiger partial charge in [0, 0.05) is 5.69 Å². The number of esters is 1. The van der Waals surface area contributed by atoms with Crippen LogP contribution in [-0.2, 0) is 24.7 Å². The molecular formula is C32H25NO4. The van der Waals surface area contributed by atoms with Crippen molar-refractivity contribution < 1.29 is 19.1 Å². The maximum atomic E-state index is 14.7. The monoisotopic (exact) mass is 487 g/mol. The van der Waals surface area contributed by atoms with E-state index in [4.69, 9.17) is 9.47 Å². The second-order valence-corrected chi connectivity index (χ2v) is 8.98. The minimum atomic E-state index is -1.59. The lowest BCUT2D eigenvalue weighted by molar-refractivity contribution is -0.140. The first-order valence-corrected chi connectivity index (χ1v) is 12.3. The molecule has 37 heavy (non-hydrogen) atoms. The van der Waals surface area contributed by atoms with Crippen LogP contribution in [0.5, 0.6) is 0 Å². The number of carbonyl (C=O) groups excluding carboxylic acids is 2. The topological polar surface area (TPSA) is 59.1 Å².